The quantitative estimate of drug-likeness (QED) is 0.639. The smallest absolute Gasteiger partial charge is 0.269 e. The first-order chi connectivity index (χ1) is 9.22. The molecule has 0 aliphatic rings. The second-order valence-electron chi connectivity index (χ2n) is 4.58. The fraction of sp³-hybridized carbons (Fsp3) is 0.333. The minimum absolute atomic E-state index is 0.138. The van der Waals surface area contributed by atoms with Crippen LogP contribution in [0, 0.1) is 0 Å². The lowest BCUT2D eigenvalue weighted by atomic mass is 10.1. The molecule has 1 aromatic carbocycles. The summed E-state index contributed by atoms with van der Waals surface area (Å²) in [4.78, 5) is 16.3. The Balaban J connectivity index is 2.12. The van der Waals surface area contributed by atoms with E-state index in [1.54, 1.807) is 12.1 Å². The van der Waals surface area contributed by atoms with Gasteiger partial charge in [-0.1, -0.05) is 38.0 Å². The van der Waals surface area contributed by atoms with Gasteiger partial charge in [0.15, 0.2) is 0 Å². The molecule has 0 spiro atoms. The van der Waals surface area contributed by atoms with Crippen LogP contribution in [0.25, 0.3) is 10.9 Å². The Morgan fingerprint density at radius 3 is 2.89 bits per heavy atom. The Morgan fingerprint density at radius 2 is 2.11 bits per heavy atom. The fourth-order valence-electron chi connectivity index (χ4n) is 1.96. The van der Waals surface area contributed by atoms with Gasteiger partial charge in [0.2, 0.25) is 0 Å². The SMILES string of the molecule is CCCCCNC(=O)c1ccc2cccc(N)c2n1. The zero-order valence-corrected chi connectivity index (χ0v) is 11.1. The summed E-state index contributed by atoms with van der Waals surface area (Å²) in [6.07, 6.45) is 3.26. The third kappa shape index (κ3) is 3.22. The Kier molecular flexibility index (Phi) is 4.34. The Hall–Kier alpha value is -2.10. The van der Waals surface area contributed by atoms with E-state index in [9.17, 15) is 4.79 Å². The lowest BCUT2D eigenvalue weighted by Gasteiger charge is -2.06. The lowest BCUT2D eigenvalue weighted by Crippen LogP contribution is -2.25. The van der Waals surface area contributed by atoms with E-state index in [-0.39, 0.29) is 5.91 Å². The second kappa shape index (κ2) is 6.18. The molecule has 0 fully saturated rings. The molecule has 0 aliphatic carbocycles. The molecule has 1 amide bonds. The number of carbonyl (C=O) groups is 1. The molecule has 0 aliphatic heterocycles. The molecule has 4 nitrogen and oxygen atoms in total. The summed E-state index contributed by atoms with van der Waals surface area (Å²) >= 11 is 0. The summed E-state index contributed by atoms with van der Waals surface area (Å²) in [5.41, 5.74) is 7.57. The number of hydrogen-bond acceptors (Lipinski definition) is 3. The number of carbonyl (C=O) groups excluding carboxylic acids is 1. The van der Waals surface area contributed by atoms with Gasteiger partial charge in [0.1, 0.15) is 5.69 Å². The number of amides is 1. The van der Waals surface area contributed by atoms with E-state index in [1.165, 1.54) is 0 Å². The molecule has 0 atom stereocenters. The normalized spacial score (nSPS) is 10.6. The molecule has 100 valence electrons. The number of nitrogen functional groups attached to an aromatic ring is 1. The molecule has 19 heavy (non-hydrogen) atoms. The molecular weight excluding hydrogens is 238 g/mol. The molecule has 0 radical (unpaired) electrons. The number of unbranched alkanes of at least 4 members (excludes halogenated alkanes) is 2. The van der Waals surface area contributed by atoms with Crippen LogP contribution < -0.4 is 11.1 Å². The maximum Gasteiger partial charge on any atom is 0.269 e. The third-order valence-corrected chi connectivity index (χ3v) is 3.05. The number of fused-ring (bicyclic) bond motifs is 1. The standard InChI is InChI=1S/C15H19N3O/c1-2-3-4-10-17-15(19)13-9-8-11-6-5-7-12(16)14(11)18-13/h5-9H,2-4,10,16H2,1H3,(H,17,19). The Morgan fingerprint density at radius 1 is 1.26 bits per heavy atom. The van der Waals surface area contributed by atoms with Crippen LogP contribution in [0.5, 0.6) is 0 Å². The van der Waals surface area contributed by atoms with E-state index in [4.69, 9.17) is 5.73 Å². The Labute approximate surface area is 113 Å². The van der Waals surface area contributed by atoms with Gasteiger partial charge in [-0.05, 0) is 18.6 Å². The van der Waals surface area contributed by atoms with Crippen molar-refractivity contribution in [3.8, 4) is 0 Å². The number of nitrogens with one attached hydrogen (secondary N) is 1. The molecule has 1 aromatic heterocycles. The highest BCUT2D eigenvalue weighted by atomic mass is 16.1. The van der Waals surface area contributed by atoms with Crippen molar-refractivity contribution in [1.82, 2.24) is 10.3 Å². The van der Waals surface area contributed by atoms with Crippen molar-refractivity contribution in [3.05, 3.63) is 36.0 Å². The molecule has 0 saturated carbocycles. The summed E-state index contributed by atoms with van der Waals surface area (Å²) in [7, 11) is 0. The van der Waals surface area contributed by atoms with Crippen LogP contribution in [-0.4, -0.2) is 17.4 Å². The van der Waals surface area contributed by atoms with Crippen molar-refractivity contribution in [2.75, 3.05) is 12.3 Å². The van der Waals surface area contributed by atoms with Gasteiger partial charge in [0.05, 0.1) is 11.2 Å². The van der Waals surface area contributed by atoms with Gasteiger partial charge in [0, 0.05) is 11.9 Å². The Bertz CT molecular complexity index is 581. The van der Waals surface area contributed by atoms with E-state index >= 15 is 0 Å². The van der Waals surface area contributed by atoms with Crippen LogP contribution in [0.3, 0.4) is 0 Å². The average Bonchev–Trinajstić information content (AvgIpc) is 2.43. The predicted octanol–water partition coefficient (Wildman–Crippen LogP) is 2.74. The second-order valence-corrected chi connectivity index (χ2v) is 4.58. The summed E-state index contributed by atoms with van der Waals surface area (Å²) in [6, 6.07) is 9.21. The predicted molar refractivity (Wildman–Crippen MR) is 78.0 cm³/mol. The topological polar surface area (TPSA) is 68.0 Å². The van der Waals surface area contributed by atoms with E-state index in [1.807, 2.05) is 18.2 Å². The monoisotopic (exact) mass is 257 g/mol. The first-order valence-corrected chi connectivity index (χ1v) is 6.66. The fourth-order valence-corrected chi connectivity index (χ4v) is 1.96. The minimum Gasteiger partial charge on any atom is -0.397 e. The van der Waals surface area contributed by atoms with Crippen molar-refractivity contribution >= 4 is 22.5 Å². The van der Waals surface area contributed by atoms with Crippen LogP contribution in [0.2, 0.25) is 0 Å². The molecule has 1 heterocycles. The number of hydrogen-bond donors (Lipinski definition) is 2. The van der Waals surface area contributed by atoms with Crippen molar-refractivity contribution in [2.24, 2.45) is 0 Å². The zero-order valence-electron chi connectivity index (χ0n) is 11.1. The molecular formula is C15H19N3O. The van der Waals surface area contributed by atoms with Gasteiger partial charge < -0.3 is 11.1 Å². The maximum atomic E-state index is 11.9. The van der Waals surface area contributed by atoms with Crippen molar-refractivity contribution < 1.29 is 4.79 Å². The molecule has 0 saturated heterocycles. The number of anilines is 1. The van der Waals surface area contributed by atoms with Crippen molar-refractivity contribution in [1.29, 1.82) is 0 Å². The van der Waals surface area contributed by atoms with E-state index in [2.05, 4.69) is 17.2 Å². The van der Waals surface area contributed by atoms with Gasteiger partial charge >= 0.3 is 0 Å². The molecule has 2 aromatic rings. The number of nitrogens with zero attached hydrogens (tertiary/aromatic N) is 1. The van der Waals surface area contributed by atoms with E-state index in [0.717, 1.165) is 24.6 Å². The van der Waals surface area contributed by atoms with Gasteiger partial charge in [-0.3, -0.25) is 4.79 Å². The number of pyridine rings is 1. The van der Waals surface area contributed by atoms with Crippen LogP contribution in [0.1, 0.15) is 36.7 Å². The summed E-state index contributed by atoms with van der Waals surface area (Å²) in [6.45, 7) is 2.83. The van der Waals surface area contributed by atoms with Crippen LogP contribution >= 0.6 is 0 Å². The van der Waals surface area contributed by atoms with Gasteiger partial charge in [-0.15, -0.1) is 0 Å². The number of aromatic nitrogens is 1. The lowest BCUT2D eigenvalue weighted by molar-refractivity contribution is 0.0948. The van der Waals surface area contributed by atoms with Gasteiger partial charge in [-0.25, -0.2) is 4.98 Å². The zero-order chi connectivity index (χ0) is 13.7. The highest BCUT2D eigenvalue weighted by molar-refractivity contribution is 5.97. The first kappa shape index (κ1) is 13.3. The highest BCUT2D eigenvalue weighted by Crippen LogP contribution is 2.18. The molecule has 0 bridgehead atoms. The average molecular weight is 257 g/mol. The van der Waals surface area contributed by atoms with E-state index < -0.39 is 0 Å². The summed E-state index contributed by atoms with van der Waals surface area (Å²) in [5, 5.41) is 3.82. The van der Waals surface area contributed by atoms with E-state index in [0.29, 0.717) is 23.4 Å². The van der Waals surface area contributed by atoms with Crippen LogP contribution in [0.15, 0.2) is 30.3 Å². The maximum absolute atomic E-state index is 11.9. The number of benzene rings is 1. The summed E-state index contributed by atoms with van der Waals surface area (Å²) < 4.78 is 0. The van der Waals surface area contributed by atoms with Gasteiger partial charge in [-0.2, -0.15) is 0 Å². The molecule has 0 unspecified atom stereocenters. The minimum atomic E-state index is -0.138. The number of para-hydroxylation sites is 1. The molecule has 3 N–H and O–H groups in total. The van der Waals surface area contributed by atoms with Crippen LogP contribution in [-0.2, 0) is 0 Å². The van der Waals surface area contributed by atoms with Crippen LogP contribution in [0.4, 0.5) is 5.69 Å². The van der Waals surface area contributed by atoms with Gasteiger partial charge in [0.25, 0.3) is 5.91 Å². The number of nitrogens with two attached hydrogens (primary N) is 1. The first-order valence-electron chi connectivity index (χ1n) is 6.66. The highest BCUT2D eigenvalue weighted by Gasteiger charge is 2.08. The summed E-state index contributed by atoms with van der Waals surface area (Å²) in [5.74, 6) is -0.138. The largest absolute Gasteiger partial charge is 0.397 e. The number of rotatable bonds is 5. The van der Waals surface area contributed by atoms with Crippen molar-refractivity contribution in [3.63, 3.8) is 0 Å². The molecule has 4 heteroatoms. The third-order valence-electron chi connectivity index (χ3n) is 3.05. The van der Waals surface area contributed by atoms with Crippen molar-refractivity contribution in [2.45, 2.75) is 26.2 Å². The molecule has 2 rings (SSSR count).